The zero-order valence-electron chi connectivity index (χ0n) is 8.66. The van der Waals surface area contributed by atoms with Gasteiger partial charge in [-0.15, -0.1) is 0 Å². The van der Waals surface area contributed by atoms with Crippen LogP contribution in [0.15, 0.2) is 0 Å². The van der Waals surface area contributed by atoms with Gasteiger partial charge in [0.15, 0.2) is 0 Å². The van der Waals surface area contributed by atoms with Gasteiger partial charge < -0.3 is 15.5 Å². The van der Waals surface area contributed by atoms with Crippen LogP contribution < -0.4 is 5.73 Å². The highest BCUT2D eigenvalue weighted by molar-refractivity contribution is 5.73. The van der Waals surface area contributed by atoms with Crippen LogP contribution in [0.1, 0.15) is 12.8 Å². The maximum absolute atomic E-state index is 11.4. The fourth-order valence-electron chi connectivity index (χ4n) is 1.74. The van der Waals surface area contributed by atoms with E-state index in [0.717, 1.165) is 19.4 Å². The van der Waals surface area contributed by atoms with Gasteiger partial charge in [-0.1, -0.05) is 0 Å². The molecule has 2 amide bonds. The van der Waals surface area contributed by atoms with Crippen molar-refractivity contribution in [2.75, 3.05) is 27.7 Å². The second kappa shape index (κ2) is 3.96. The van der Waals surface area contributed by atoms with Crippen LogP contribution in [0.3, 0.4) is 0 Å². The van der Waals surface area contributed by atoms with Gasteiger partial charge in [-0.2, -0.15) is 0 Å². The van der Waals surface area contributed by atoms with Gasteiger partial charge in [0, 0.05) is 33.7 Å². The van der Waals surface area contributed by atoms with Crippen LogP contribution in [0.5, 0.6) is 0 Å². The summed E-state index contributed by atoms with van der Waals surface area (Å²) in [4.78, 5) is 14.8. The molecule has 2 N–H and O–H groups in total. The smallest absolute Gasteiger partial charge is 0.319 e. The molecule has 0 atom stereocenters. The van der Waals surface area contributed by atoms with E-state index < -0.39 is 0 Å². The monoisotopic (exact) mass is 185 g/mol. The number of hydrogen-bond donors (Lipinski definition) is 1. The van der Waals surface area contributed by atoms with Crippen LogP contribution >= 0.6 is 0 Å². The van der Waals surface area contributed by atoms with Gasteiger partial charge in [0.2, 0.25) is 0 Å². The Balaban J connectivity index is 2.25. The third-order valence-electron chi connectivity index (χ3n) is 2.51. The fraction of sp³-hybridized carbons (Fsp3) is 0.889. The van der Waals surface area contributed by atoms with E-state index >= 15 is 0 Å². The summed E-state index contributed by atoms with van der Waals surface area (Å²) >= 11 is 0. The van der Waals surface area contributed by atoms with Crippen LogP contribution in [0.4, 0.5) is 4.79 Å². The Morgan fingerprint density at radius 1 is 1.38 bits per heavy atom. The maximum Gasteiger partial charge on any atom is 0.319 e. The summed E-state index contributed by atoms with van der Waals surface area (Å²) in [5.74, 6) is 0.615. The Kier molecular flexibility index (Phi) is 3.14. The molecular weight excluding hydrogens is 166 g/mol. The summed E-state index contributed by atoms with van der Waals surface area (Å²) in [7, 11) is 5.38. The van der Waals surface area contributed by atoms with E-state index in [4.69, 9.17) is 5.73 Å². The number of urea groups is 1. The van der Waals surface area contributed by atoms with Crippen molar-refractivity contribution in [2.24, 2.45) is 11.7 Å². The number of carbonyl (C=O) groups excluding carboxylic acids is 1. The molecule has 0 radical (unpaired) electrons. The van der Waals surface area contributed by atoms with Gasteiger partial charge in [0.05, 0.1) is 0 Å². The Bertz CT molecular complexity index is 187. The average Bonchev–Trinajstić information content (AvgIpc) is 2.00. The van der Waals surface area contributed by atoms with Crippen LogP contribution in [0.25, 0.3) is 0 Å². The van der Waals surface area contributed by atoms with E-state index in [1.165, 1.54) is 0 Å². The van der Waals surface area contributed by atoms with E-state index in [1.54, 1.807) is 23.9 Å². The summed E-state index contributed by atoms with van der Waals surface area (Å²) in [6.07, 6.45) is 2.12. The first-order valence-electron chi connectivity index (χ1n) is 4.68. The minimum atomic E-state index is 0.0699. The molecule has 0 aliphatic heterocycles. The molecule has 4 heteroatoms. The molecule has 1 saturated carbocycles. The molecule has 0 aromatic carbocycles. The third kappa shape index (κ3) is 2.59. The van der Waals surface area contributed by atoms with Crippen molar-refractivity contribution in [3.8, 4) is 0 Å². The lowest BCUT2D eigenvalue weighted by molar-refractivity contribution is 0.153. The van der Waals surface area contributed by atoms with Crippen LogP contribution in [0.2, 0.25) is 0 Å². The number of rotatable bonds is 2. The Morgan fingerprint density at radius 2 is 1.92 bits per heavy atom. The van der Waals surface area contributed by atoms with E-state index in [0.29, 0.717) is 12.0 Å². The Hall–Kier alpha value is -0.770. The van der Waals surface area contributed by atoms with Gasteiger partial charge in [0.25, 0.3) is 0 Å². The largest absolute Gasteiger partial charge is 0.331 e. The topological polar surface area (TPSA) is 49.6 Å². The molecule has 0 aromatic rings. The van der Waals surface area contributed by atoms with E-state index in [2.05, 4.69) is 0 Å². The summed E-state index contributed by atoms with van der Waals surface area (Å²) in [6, 6.07) is 0.438. The fourth-order valence-corrected chi connectivity index (χ4v) is 1.74. The predicted molar refractivity (Wildman–Crippen MR) is 52.4 cm³/mol. The molecule has 1 rings (SSSR count). The lowest BCUT2D eigenvalue weighted by atomic mass is 9.81. The highest BCUT2D eigenvalue weighted by Gasteiger charge is 2.28. The molecule has 0 spiro atoms. The average molecular weight is 185 g/mol. The van der Waals surface area contributed by atoms with Crippen molar-refractivity contribution >= 4 is 6.03 Å². The zero-order chi connectivity index (χ0) is 10.0. The van der Waals surface area contributed by atoms with Gasteiger partial charge in [-0.05, 0) is 18.8 Å². The number of nitrogens with zero attached hydrogens (tertiary/aromatic N) is 2. The van der Waals surface area contributed by atoms with Crippen LogP contribution in [0, 0.1) is 5.92 Å². The first kappa shape index (κ1) is 10.3. The third-order valence-corrected chi connectivity index (χ3v) is 2.51. The quantitative estimate of drug-likeness (QED) is 0.674. The zero-order valence-corrected chi connectivity index (χ0v) is 8.66. The van der Waals surface area contributed by atoms with Crippen LogP contribution in [-0.2, 0) is 0 Å². The molecule has 0 aromatic heterocycles. The molecule has 1 aliphatic rings. The predicted octanol–water partition coefficient (Wildman–Crippen LogP) is 0.337. The molecule has 0 heterocycles. The van der Waals surface area contributed by atoms with E-state index in [1.807, 2.05) is 7.05 Å². The summed E-state index contributed by atoms with van der Waals surface area (Å²) in [5.41, 5.74) is 5.67. The number of nitrogens with two attached hydrogens (primary N) is 1. The second-order valence-corrected chi connectivity index (χ2v) is 4.16. The highest BCUT2D eigenvalue weighted by Crippen LogP contribution is 2.26. The summed E-state index contributed by atoms with van der Waals surface area (Å²) in [5, 5.41) is 0. The van der Waals surface area contributed by atoms with Crippen molar-refractivity contribution in [3.63, 3.8) is 0 Å². The molecule has 4 nitrogen and oxygen atoms in total. The Morgan fingerprint density at radius 3 is 2.31 bits per heavy atom. The van der Waals surface area contributed by atoms with Crippen molar-refractivity contribution < 1.29 is 4.79 Å². The summed E-state index contributed by atoms with van der Waals surface area (Å²) < 4.78 is 0. The van der Waals surface area contributed by atoms with Gasteiger partial charge in [-0.25, -0.2) is 4.79 Å². The molecule has 0 bridgehead atoms. The van der Waals surface area contributed by atoms with Crippen molar-refractivity contribution in [1.29, 1.82) is 0 Å². The van der Waals surface area contributed by atoms with Crippen molar-refractivity contribution in [2.45, 2.75) is 18.9 Å². The first-order chi connectivity index (χ1) is 6.00. The van der Waals surface area contributed by atoms with Gasteiger partial charge in [0.1, 0.15) is 0 Å². The molecule has 0 saturated heterocycles. The van der Waals surface area contributed by atoms with Crippen molar-refractivity contribution in [3.05, 3.63) is 0 Å². The number of amides is 2. The summed E-state index contributed by atoms with van der Waals surface area (Å²) in [6.45, 7) is 0.838. The SMILES string of the molecule is CN(C)C(=O)N(C)CC1CC(N)C1. The lowest BCUT2D eigenvalue weighted by Gasteiger charge is -2.35. The van der Waals surface area contributed by atoms with Gasteiger partial charge >= 0.3 is 6.03 Å². The first-order valence-corrected chi connectivity index (χ1v) is 4.68. The lowest BCUT2D eigenvalue weighted by Crippen LogP contribution is -2.45. The minimum Gasteiger partial charge on any atom is -0.331 e. The number of hydrogen-bond acceptors (Lipinski definition) is 2. The molecule has 1 fully saturated rings. The molecule has 0 unspecified atom stereocenters. The van der Waals surface area contributed by atoms with E-state index in [-0.39, 0.29) is 6.03 Å². The van der Waals surface area contributed by atoms with Crippen molar-refractivity contribution in [1.82, 2.24) is 9.80 Å². The molecule has 76 valence electrons. The van der Waals surface area contributed by atoms with Gasteiger partial charge in [-0.3, -0.25) is 0 Å². The molecule has 1 aliphatic carbocycles. The molecular formula is C9H19N3O. The minimum absolute atomic E-state index is 0.0699. The highest BCUT2D eigenvalue weighted by atomic mass is 16.2. The standard InChI is InChI=1S/C9H19N3O/c1-11(2)9(13)12(3)6-7-4-8(10)5-7/h7-8H,4-6,10H2,1-3H3. The van der Waals surface area contributed by atoms with E-state index in [9.17, 15) is 4.79 Å². The number of carbonyl (C=O) groups is 1. The second-order valence-electron chi connectivity index (χ2n) is 4.16. The van der Waals surface area contributed by atoms with Crippen LogP contribution in [-0.4, -0.2) is 49.6 Å². The Labute approximate surface area is 79.7 Å². The normalized spacial score (nSPS) is 26.5. The molecule has 13 heavy (non-hydrogen) atoms. The maximum atomic E-state index is 11.4.